The first-order valence-corrected chi connectivity index (χ1v) is 13.5. The van der Waals surface area contributed by atoms with E-state index in [-0.39, 0.29) is 23.8 Å². The number of hydrogen-bond donors (Lipinski definition) is 2. The van der Waals surface area contributed by atoms with E-state index in [1.807, 2.05) is 0 Å². The normalized spacial score (nSPS) is 19.3. The smallest absolute Gasteiger partial charge is 0.475 e. The molecule has 3 rings (SSSR count). The molecule has 1 aromatic carbocycles. The minimum atomic E-state index is -5.08. The predicted molar refractivity (Wildman–Crippen MR) is 128 cm³/mol. The van der Waals surface area contributed by atoms with E-state index in [9.17, 15) is 30.8 Å². The van der Waals surface area contributed by atoms with Crippen molar-refractivity contribution in [2.24, 2.45) is 0 Å². The van der Waals surface area contributed by atoms with Gasteiger partial charge in [-0.15, -0.1) is 0 Å². The summed E-state index contributed by atoms with van der Waals surface area (Å²) in [5, 5.41) is 10.3. The lowest BCUT2D eigenvalue weighted by Crippen LogP contribution is -2.48. The van der Waals surface area contributed by atoms with Crippen LogP contribution in [0.5, 0.6) is 0 Å². The molecular formula is C23H34F4N4O5S. The largest absolute Gasteiger partial charge is 0.490 e. The number of nitrogens with zero attached hydrogens (tertiary/aromatic N) is 3. The number of sulfonamides is 1. The lowest BCUT2D eigenvalue weighted by molar-refractivity contribution is -0.192. The Morgan fingerprint density at radius 2 is 1.68 bits per heavy atom. The van der Waals surface area contributed by atoms with Crippen LogP contribution in [0.4, 0.5) is 17.6 Å². The fourth-order valence-corrected chi connectivity index (χ4v) is 5.56. The van der Waals surface area contributed by atoms with E-state index < -0.39 is 28.0 Å². The molecular weight excluding hydrogens is 520 g/mol. The van der Waals surface area contributed by atoms with Crippen molar-refractivity contribution in [1.29, 1.82) is 0 Å². The maximum atomic E-state index is 13.3. The van der Waals surface area contributed by atoms with Crippen molar-refractivity contribution >= 4 is 21.9 Å². The number of benzene rings is 1. The van der Waals surface area contributed by atoms with Crippen molar-refractivity contribution in [2.75, 3.05) is 52.4 Å². The van der Waals surface area contributed by atoms with E-state index in [1.54, 1.807) is 4.90 Å². The number of amides is 1. The number of alkyl halides is 3. The number of carboxylic acid groups (broad SMARTS) is 1. The SMILES string of the molecule is CC1CCCCN1CCN(CCC(=O)N1CCNCC1)S(=O)(=O)c1ccc(F)cc1.O=C(O)C(F)(F)F. The second-order valence-electron chi connectivity index (χ2n) is 8.92. The maximum absolute atomic E-state index is 13.3. The molecule has 0 aromatic heterocycles. The zero-order chi connectivity index (χ0) is 27.6. The van der Waals surface area contributed by atoms with Crippen molar-refractivity contribution < 1.29 is 40.7 Å². The molecule has 2 fully saturated rings. The fraction of sp³-hybridized carbons (Fsp3) is 0.652. The van der Waals surface area contributed by atoms with Crippen molar-refractivity contribution in [3.05, 3.63) is 30.1 Å². The molecule has 1 atom stereocenters. The number of rotatable bonds is 8. The molecule has 1 unspecified atom stereocenters. The van der Waals surface area contributed by atoms with E-state index in [2.05, 4.69) is 17.1 Å². The summed E-state index contributed by atoms with van der Waals surface area (Å²) in [6.45, 7) is 7.03. The number of carboxylic acids is 1. The summed E-state index contributed by atoms with van der Waals surface area (Å²) in [7, 11) is -3.81. The van der Waals surface area contributed by atoms with E-state index >= 15 is 0 Å². The number of carbonyl (C=O) groups is 2. The van der Waals surface area contributed by atoms with Crippen LogP contribution in [0, 0.1) is 5.82 Å². The third-order valence-electron chi connectivity index (χ3n) is 6.32. The van der Waals surface area contributed by atoms with Crippen LogP contribution in [0.25, 0.3) is 0 Å². The molecule has 0 spiro atoms. The minimum Gasteiger partial charge on any atom is -0.475 e. The fourth-order valence-electron chi connectivity index (χ4n) is 4.13. The number of nitrogens with one attached hydrogen (secondary N) is 1. The van der Waals surface area contributed by atoms with Crippen molar-refractivity contribution in [1.82, 2.24) is 19.4 Å². The molecule has 0 aliphatic carbocycles. The highest BCUT2D eigenvalue weighted by molar-refractivity contribution is 7.89. The number of piperidine rings is 1. The van der Waals surface area contributed by atoms with E-state index in [4.69, 9.17) is 9.90 Å². The Kier molecular flexibility index (Phi) is 11.7. The summed E-state index contributed by atoms with van der Waals surface area (Å²) in [5.41, 5.74) is 0. The van der Waals surface area contributed by atoms with Crippen LogP contribution in [0.15, 0.2) is 29.2 Å². The van der Waals surface area contributed by atoms with Crippen molar-refractivity contribution in [3.8, 4) is 0 Å². The quantitative estimate of drug-likeness (QED) is 0.474. The van der Waals surface area contributed by atoms with Gasteiger partial charge in [0.15, 0.2) is 0 Å². The molecule has 1 amide bonds. The lowest BCUT2D eigenvalue weighted by Gasteiger charge is -2.35. The molecule has 0 radical (unpaired) electrons. The summed E-state index contributed by atoms with van der Waals surface area (Å²) in [5.74, 6) is -3.26. The van der Waals surface area contributed by atoms with Crippen LogP contribution in [0.1, 0.15) is 32.6 Å². The third kappa shape index (κ3) is 9.83. The Morgan fingerprint density at radius 1 is 1.08 bits per heavy atom. The first-order chi connectivity index (χ1) is 17.3. The van der Waals surface area contributed by atoms with Crippen LogP contribution in [-0.2, 0) is 19.6 Å². The predicted octanol–water partition coefficient (Wildman–Crippen LogP) is 2.15. The van der Waals surface area contributed by atoms with Gasteiger partial charge in [0, 0.05) is 58.3 Å². The Bertz CT molecular complexity index is 986. The lowest BCUT2D eigenvalue weighted by atomic mass is 10.0. The first kappa shape index (κ1) is 30.9. The average Bonchev–Trinajstić information content (AvgIpc) is 2.85. The molecule has 0 saturated carbocycles. The summed E-state index contributed by atoms with van der Waals surface area (Å²) >= 11 is 0. The van der Waals surface area contributed by atoms with Gasteiger partial charge < -0.3 is 15.3 Å². The molecule has 2 aliphatic rings. The van der Waals surface area contributed by atoms with Gasteiger partial charge in [-0.2, -0.15) is 17.5 Å². The van der Waals surface area contributed by atoms with E-state index in [1.165, 1.54) is 22.9 Å². The number of likely N-dealkylation sites (tertiary alicyclic amines) is 1. The molecule has 37 heavy (non-hydrogen) atoms. The monoisotopic (exact) mass is 554 g/mol. The highest BCUT2D eigenvalue weighted by atomic mass is 32.2. The molecule has 2 N–H and O–H groups in total. The van der Waals surface area contributed by atoms with Crippen molar-refractivity contribution in [2.45, 2.75) is 49.7 Å². The van der Waals surface area contributed by atoms with Gasteiger partial charge in [0.1, 0.15) is 5.82 Å². The Hall–Kier alpha value is -2.29. The third-order valence-corrected chi connectivity index (χ3v) is 8.23. The summed E-state index contributed by atoms with van der Waals surface area (Å²) in [6.07, 6.45) is -1.49. The topological polar surface area (TPSA) is 110 Å². The average molecular weight is 555 g/mol. The Balaban J connectivity index is 0.000000604. The second kappa shape index (κ2) is 14.0. The van der Waals surface area contributed by atoms with Gasteiger partial charge >= 0.3 is 12.1 Å². The molecule has 9 nitrogen and oxygen atoms in total. The highest BCUT2D eigenvalue weighted by Crippen LogP contribution is 2.20. The van der Waals surface area contributed by atoms with Gasteiger partial charge in [-0.3, -0.25) is 9.69 Å². The summed E-state index contributed by atoms with van der Waals surface area (Å²) in [4.78, 5) is 25.6. The Labute approximate surface area is 214 Å². The zero-order valence-electron chi connectivity index (χ0n) is 20.7. The van der Waals surface area contributed by atoms with Crippen molar-refractivity contribution in [3.63, 3.8) is 0 Å². The molecule has 0 bridgehead atoms. The second-order valence-corrected chi connectivity index (χ2v) is 10.9. The number of halogens is 4. The summed E-state index contributed by atoms with van der Waals surface area (Å²) < 4.78 is 72.9. The van der Waals surface area contributed by atoms with Crippen LogP contribution < -0.4 is 5.32 Å². The van der Waals surface area contributed by atoms with Gasteiger partial charge in [-0.25, -0.2) is 17.6 Å². The van der Waals surface area contributed by atoms with Gasteiger partial charge in [0.25, 0.3) is 0 Å². The Morgan fingerprint density at radius 3 is 2.22 bits per heavy atom. The minimum absolute atomic E-state index is 0.0258. The molecule has 2 aliphatic heterocycles. The number of aliphatic carboxylic acids is 1. The number of carbonyl (C=O) groups excluding carboxylic acids is 1. The van der Waals surface area contributed by atoms with E-state index in [0.29, 0.717) is 32.2 Å². The maximum Gasteiger partial charge on any atom is 0.490 e. The van der Waals surface area contributed by atoms with Crippen LogP contribution in [0.2, 0.25) is 0 Å². The number of hydrogen-bond acceptors (Lipinski definition) is 6. The molecule has 210 valence electrons. The van der Waals surface area contributed by atoms with Gasteiger partial charge in [-0.1, -0.05) is 6.42 Å². The highest BCUT2D eigenvalue weighted by Gasteiger charge is 2.38. The summed E-state index contributed by atoms with van der Waals surface area (Å²) in [6, 6.07) is 5.32. The molecule has 2 saturated heterocycles. The van der Waals surface area contributed by atoms with Gasteiger partial charge in [0.2, 0.25) is 15.9 Å². The zero-order valence-corrected chi connectivity index (χ0v) is 21.5. The van der Waals surface area contributed by atoms with Gasteiger partial charge in [0.05, 0.1) is 4.90 Å². The van der Waals surface area contributed by atoms with Crippen LogP contribution in [0.3, 0.4) is 0 Å². The molecule has 1 aromatic rings. The first-order valence-electron chi connectivity index (χ1n) is 12.1. The number of piperazine rings is 1. The molecule has 14 heteroatoms. The van der Waals surface area contributed by atoms with Crippen LogP contribution in [-0.4, -0.2) is 104 Å². The standard InChI is InChI=1S/C21H33FN4O3S.C2HF3O2/c1-18-4-2-3-12-24(18)16-17-26(13-9-21(27)25-14-10-23-11-15-25)30(28,29)20-7-5-19(22)6-8-20;3-2(4,5)1(6)7/h5-8,18,23H,2-4,9-17H2,1H3;(H,6,7). The van der Waals surface area contributed by atoms with Gasteiger partial charge in [-0.05, 0) is 50.6 Å². The molecule has 2 heterocycles. The van der Waals surface area contributed by atoms with E-state index in [0.717, 1.165) is 44.6 Å². The van der Waals surface area contributed by atoms with Crippen LogP contribution >= 0.6 is 0 Å².